The topological polar surface area (TPSA) is 20.3 Å². The third kappa shape index (κ3) is 4.79. The molecule has 0 saturated heterocycles. The Hall–Kier alpha value is -2.39. The van der Waals surface area contributed by atoms with Gasteiger partial charge in [-0.1, -0.05) is 82.7 Å². The zero-order valence-corrected chi connectivity index (χ0v) is 18.4. The van der Waals surface area contributed by atoms with Crippen LogP contribution in [0.5, 0.6) is 0 Å². The van der Waals surface area contributed by atoms with Gasteiger partial charge in [0.25, 0.3) is 0 Å². The molecule has 1 atom stereocenters. The molecule has 0 unspecified atom stereocenters. The van der Waals surface area contributed by atoms with Crippen molar-refractivity contribution in [2.75, 3.05) is 11.9 Å². The van der Waals surface area contributed by atoms with Gasteiger partial charge in [0, 0.05) is 12.7 Å². The highest BCUT2D eigenvalue weighted by Gasteiger charge is 2.23. The summed E-state index contributed by atoms with van der Waals surface area (Å²) in [6.07, 6.45) is 4.60. The Morgan fingerprint density at radius 2 is 1.45 bits per heavy atom. The van der Waals surface area contributed by atoms with Gasteiger partial charge in [-0.15, -0.1) is 0 Å². The van der Waals surface area contributed by atoms with Crippen molar-refractivity contribution in [2.45, 2.75) is 36.9 Å². The van der Waals surface area contributed by atoms with Gasteiger partial charge in [-0.2, -0.15) is 0 Å². The van der Waals surface area contributed by atoms with Crippen LogP contribution in [0, 0.1) is 0 Å². The first kappa shape index (κ1) is 19.9. The zero-order valence-electron chi connectivity index (χ0n) is 16.8. The maximum atomic E-state index is 13.2. The van der Waals surface area contributed by atoms with Crippen molar-refractivity contribution in [1.82, 2.24) is 0 Å². The fourth-order valence-corrected chi connectivity index (χ4v) is 4.65. The fraction of sp³-hybridized carbons (Fsp3) is 0.269. The molecule has 0 heterocycles. The number of anilines is 1. The third-order valence-electron chi connectivity index (χ3n) is 5.78. The number of benzene rings is 3. The molecule has 7 rings (SSSR count). The quantitative estimate of drug-likeness (QED) is 0.480. The summed E-state index contributed by atoms with van der Waals surface area (Å²) in [7, 11) is 1.91. The van der Waals surface area contributed by atoms with Crippen LogP contribution in [0.15, 0.2) is 72.8 Å². The number of alkyl halides is 1. The predicted molar refractivity (Wildman–Crippen MR) is 124 cm³/mol. The van der Waals surface area contributed by atoms with Gasteiger partial charge in [-0.05, 0) is 66.0 Å². The molecule has 2 nitrogen and oxygen atoms in total. The highest BCUT2D eigenvalue weighted by molar-refractivity contribution is 9.10. The standard InChI is InChI=1S/C26H26BrNO/c1-28(26(29)24(27)17-21-5-3-2-4-6-21)25-18-22-12-11-19-7-9-20(10-8-19)13-15-23(25)16-14-22/h2-10,14,16,18,24H,11-13,15,17H2,1H3/t24-/m0/s1. The number of hydrogen-bond donors (Lipinski definition) is 0. The Morgan fingerprint density at radius 3 is 2.14 bits per heavy atom. The second kappa shape index (κ2) is 8.96. The largest absolute Gasteiger partial charge is 0.314 e. The smallest absolute Gasteiger partial charge is 0.240 e. The van der Waals surface area contributed by atoms with E-state index in [1.165, 1.54) is 22.3 Å². The Bertz CT molecular complexity index is 981. The maximum Gasteiger partial charge on any atom is 0.240 e. The summed E-state index contributed by atoms with van der Waals surface area (Å²) in [5.41, 5.74) is 7.43. The number of nitrogens with zero attached hydrogens (tertiary/aromatic N) is 1. The van der Waals surface area contributed by atoms with E-state index in [-0.39, 0.29) is 10.7 Å². The van der Waals surface area contributed by atoms with Crippen LogP contribution in [-0.2, 0) is 36.9 Å². The highest BCUT2D eigenvalue weighted by Crippen LogP contribution is 2.27. The van der Waals surface area contributed by atoms with Crippen LogP contribution in [0.25, 0.3) is 0 Å². The Balaban J connectivity index is 1.57. The number of amides is 1. The van der Waals surface area contributed by atoms with Crippen LogP contribution in [-0.4, -0.2) is 17.8 Å². The van der Waals surface area contributed by atoms with Crippen molar-refractivity contribution < 1.29 is 4.79 Å². The predicted octanol–water partition coefficient (Wildman–Crippen LogP) is 5.54. The maximum absolute atomic E-state index is 13.2. The summed E-state index contributed by atoms with van der Waals surface area (Å²) in [4.78, 5) is 14.8. The van der Waals surface area contributed by atoms with Crippen LogP contribution >= 0.6 is 15.9 Å². The van der Waals surface area contributed by atoms with Gasteiger partial charge in [0.1, 0.15) is 0 Å². The van der Waals surface area contributed by atoms with Gasteiger partial charge in [0.2, 0.25) is 5.91 Å². The number of hydrogen-bond acceptors (Lipinski definition) is 1. The molecule has 29 heavy (non-hydrogen) atoms. The van der Waals surface area contributed by atoms with Gasteiger partial charge in [0.15, 0.2) is 0 Å². The van der Waals surface area contributed by atoms with Crippen LogP contribution in [0.2, 0.25) is 0 Å². The molecule has 0 N–H and O–H groups in total. The molecular weight excluding hydrogens is 422 g/mol. The normalized spacial score (nSPS) is 14.1. The number of halogens is 1. The molecule has 0 radical (unpaired) electrons. The average Bonchev–Trinajstić information content (AvgIpc) is 2.75. The molecular formula is C26H26BrNO. The number of rotatable bonds is 4. The van der Waals surface area contributed by atoms with Crippen molar-refractivity contribution in [3.63, 3.8) is 0 Å². The van der Waals surface area contributed by atoms with Crippen LogP contribution in [0.1, 0.15) is 27.8 Å². The average molecular weight is 448 g/mol. The molecule has 4 aliphatic carbocycles. The van der Waals surface area contributed by atoms with Gasteiger partial charge >= 0.3 is 0 Å². The molecule has 0 saturated carbocycles. The van der Waals surface area contributed by atoms with E-state index in [2.05, 4.69) is 70.5 Å². The first-order chi connectivity index (χ1) is 14.1. The second-order valence-electron chi connectivity index (χ2n) is 7.83. The lowest BCUT2D eigenvalue weighted by atomic mass is 9.95. The van der Waals surface area contributed by atoms with Crippen molar-refractivity contribution in [2.24, 2.45) is 0 Å². The van der Waals surface area contributed by atoms with Gasteiger partial charge in [-0.25, -0.2) is 0 Å². The molecule has 3 heteroatoms. The van der Waals surface area contributed by atoms with Gasteiger partial charge in [-0.3, -0.25) is 4.79 Å². The van der Waals surface area contributed by atoms with E-state index in [4.69, 9.17) is 0 Å². The van der Waals surface area contributed by atoms with E-state index in [1.807, 2.05) is 30.1 Å². The van der Waals surface area contributed by atoms with Crippen molar-refractivity contribution in [1.29, 1.82) is 0 Å². The number of carbonyl (C=O) groups is 1. The molecule has 0 aliphatic heterocycles. The number of aryl methyl sites for hydroxylation is 4. The molecule has 0 spiro atoms. The minimum atomic E-state index is -0.239. The lowest BCUT2D eigenvalue weighted by Gasteiger charge is -2.25. The summed E-state index contributed by atoms with van der Waals surface area (Å²) in [6.45, 7) is 0. The van der Waals surface area contributed by atoms with E-state index >= 15 is 0 Å². The molecule has 4 aliphatic rings. The van der Waals surface area contributed by atoms with Crippen LogP contribution in [0.3, 0.4) is 0 Å². The monoisotopic (exact) mass is 447 g/mol. The van der Waals surface area contributed by atoms with Crippen LogP contribution in [0.4, 0.5) is 5.69 Å². The first-order valence-electron chi connectivity index (χ1n) is 10.3. The van der Waals surface area contributed by atoms with Crippen molar-refractivity contribution >= 4 is 27.5 Å². The van der Waals surface area contributed by atoms with E-state index in [9.17, 15) is 4.79 Å². The van der Waals surface area contributed by atoms with Crippen molar-refractivity contribution in [3.8, 4) is 0 Å². The van der Waals surface area contributed by atoms with E-state index < -0.39 is 0 Å². The third-order valence-corrected chi connectivity index (χ3v) is 6.49. The fourth-order valence-electron chi connectivity index (χ4n) is 3.97. The summed E-state index contributed by atoms with van der Waals surface area (Å²) in [5, 5.41) is 0. The lowest BCUT2D eigenvalue weighted by Crippen LogP contribution is -2.35. The SMILES string of the molecule is CN(C(=O)[C@@H](Br)Cc1ccccc1)c1cc2ccc1CCc1ccc(cc1)CC2. The number of carbonyl (C=O) groups excluding carboxylic acids is 1. The molecule has 148 valence electrons. The van der Waals surface area contributed by atoms with Crippen molar-refractivity contribution in [3.05, 3.63) is 101 Å². The minimum absolute atomic E-state index is 0.0997. The molecule has 3 aromatic carbocycles. The molecule has 4 bridgehead atoms. The second-order valence-corrected chi connectivity index (χ2v) is 8.94. The van der Waals surface area contributed by atoms with Gasteiger partial charge in [0.05, 0.1) is 4.83 Å². The summed E-state index contributed by atoms with van der Waals surface area (Å²) >= 11 is 3.63. The highest BCUT2D eigenvalue weighted by atomic mass is 79.9. The molecule has 3 aromatic rings. The van der Waals surface area contributed by atoms with E-state index in [0.29, 0.717) is 6.42 Å². The minimum Gasteiger partial charge on any atom is -0.314 e. The lowest BCUT2D eigenvalue weighted by molar-refractivity contribution is -0.117. The Labute approximate surface area is 181 Å². The van der Waals surface area contributed by atoms with E-state index in [1.54, 1.807) is 0 Å². The summed E-state index contributed by atoms with van der Waals surface area (Å²) < 4.78 is 0. The Kier molecular flexibility index (Phi) is 6.15. The van der Waals surface area contributed by atoms with Crippen LogP contribution < -0.4 is 4.90 Å². The molecule has 1 amide bonds. The molecule has 0 aromatic heterocycles. The summed E-state index contributed by atoms with van der Waals surface area (Å²) in [6, 6.07) is 25.8. The molecule has 0 fully saturated rings. The summed E-state index contributed by atoms with van der Waals surface area (Å²) in [5.74, 6) is 0.0997. The van der Waals surface area contributed by atoms with Gasteiger partial charge < -0.3 is 4.90 Å². The van der Waals surface area contributed by atoms with E-state index in [0.717, 1.165) is 36.9 Å². The Morgan fingerprint density at radius 1 is 0.862 bits per heavy atom. The first-order valence-corrected chi connectivity index (χ1v) is 11.2. The zero-order chi connectivity index (χ0) is 20.2.